The van der Waals surface area contributed by atoms with Gasteiger partial charge in [0.2, 0.25) is 0 Å². The molecule has 362 valence electrons. The normalized spacial score (nSPS) is 13.5. The second-order valence-electron chi connectivity index (χ2n) is 18.0. The van der Waals surface area contributed by atoms with Crippen LogP contribution in [0.3, 0.4) is 0 Å². The van der Waals surface area contributed by atoms with Crippen molar-refractivity contribution >= 4 is 17.9 Å². The van der Waals surface area contributed by atoms with E-state index >= 15 is 0 Å². The van der Waals surface area contributed by atoms with Gasteiger partial charge in [0.15, 0.2) is 6.10 Å². The van der Waals surface area contributed by atoms with Crippen molar-refractivity contribution in [2.75, 3.05) is 41.0 Å². The first-order valence-corrected chi connectivity index (χ1v) is 25.5. The predicted molar refractivity (Wildman–Crippen MR) is 263 cm³/mol. The third-order valence-corrected chi connectivity index (χ3v) is 11.1. The van der Waals surface area contributed by atoms with Crippen LogP contribution >= 0.6 is 0 Å². The molecular formula is C55H95NO7. The maximum absolute atomic E-state index is 12.7. The zero-order valence-electron chi connectivity index (χ0n) is 41.2. The van der Waals surface area contributed by atoms with E-state index in [0.29, 0.717) is 12.8 Å². The number of esters is 2. The Kier molecular flexibility index (Phi) is 43.0. The molecule has 0 N–H and O–H groups in total. The number of carbonyl (C=O) groups excluding carboxylic acids is 3. The Labute approximate surface area is 387 Å². The van der Waals surface area contributed by atoms with Gasteiger partial charge in [0, 0.05) is 19.3 Å². The number of hydrogen-bond acceptors (Lipinski definition) is 7. The number of allylic oxidation sites excluding steroid dienone is 12. The Morgan fingerprint density at radius 1 is 0.492 bits per heavy atom. The summed E-state index contributed by atoms with van der Waals surface area (Å²) in [6, 6.07) is -0.740. The summed E-state index contributed by atoms with van der Waals surface area (Å²) in [5, 5.41) is 11.7. The molecule has 0 fully saturated rings. The molecule has 0 bridgehead atoms. The fourth-order valence-electron chi connectivity index (χ4n) is 7.16. The van der Waals surface area contributed by atoms with E-state index in [-0.39, 0.29) is 49.1 Å². The standard InChI is InChI=1S/C55H95NO7/c1-6-8-10-12-14-16-18-20-22-24-25-26-27-28-30-31-33-35-37-39-41-43-45-53(57)62-50-51(49-61-48-47-52(55(59)60)56(3,4)5)63-54(58)46-44-42-40-38-36-34-32-29-23-21-19-17-15-13-11-9-7-2/h9,11,15,17,21,23,27-28,32,34,38,40,51-52H,6-8,10,12-14,16,18-20,22,24-26,29-31,33,35-37,39,41-50H2,1-5H3/b11-9+,17-15+,23-21+,28-27+,34-32+,40-38+. The van der Waals surface area contributed by atoms with Gasteiger partial charge in [-0.05, 0) is 77.0 Å². The minimum absolute atomic E-state index is 0.0138. The Hall–Kier alpha value is -3.23. The van der Waals surface area contributed by atoms with E-state index in [4.69, 9.17) is 14.2 Å². The molecule has 0 aliphatic heterocycles. The monoisotopic (exact) mass is 882 g/mol. The van der Waals surface area contributed by atoms with Gasteiger partial charge < -0.3 is 28.6 Å². The van der Waals surface area contributed by atoms with Gasteiger partial charge in [0.05, 0.1) is 40.3 Å². The van der Waals surface area contributed by atoms with Crippen molar-refractivity contribution in [1.29, 1.82) is 0 Å². The highest BCUT2D eigenvalue weighted by Gasteiger charge is 2.25. The Morgan fingerprint density at radius 2 is 0.905 bits per heavy atom. The predicted octanol–water partition coefficient (Wildman–Crippen LogP) is 13.4. The molecule has 0 saturated heterocycles. The third-order valence-electron chi connectivity index (χ3n) is 11.1. The van der Waals surface area contributed by atoms with Crippen molar-refractivity contribution in [3.63, 3.8) is 0 Å². The van der Waals surface area contributed by atoms with Gasteiger partial charge in [-0.1, -0.05) is 183 Å². The molecule has 0 rings (SSSR count). The van der Waals surface area contributed by atoms with Crippen molar-refractivity contribution in [1.82, 2.24) is 0 Å². The van der Waals surface area contributed by atoms with Crippen LogP contribution in [0.5, 0.6) is 0 Å². The first-order valence-electron chi connectivity index (χ1n) is 25.5. The molecule has 0 heterocycles. The van der Waals surface area contributed by atoms with Crippen LogP contribution < -0.4 is 5.11 Å². The van der Waals surface area contributed by atoms with Gasteiger partial charge in [-0.3, -0.25) is 9.59 Å². The van der Waals surface area contributed by atoms with Gasteiger partial charge in [0.1, 0.15) is 12.6 Å². The van der Waals surface area contributed by atoms with Gasteiger partial charge in [0.25, 0.3) is 0 Å². The summed E-state index contributed by atoms with van der Waals surface area (Å²) in [5.41, 5.74) is 0. The Morgan fingerprint density at radius 3 is 1.38 bits per heavy atom. The minimum Gasteiger partial charge on any atom is -0.544 e. The minimum atomic E-state index is -1.14. The molecule has 0 aromatic heterocycles. The maximum Gasteiger partial charge on any atom is 0.306 e. The van der Waals surface area contributed by atoms with E-state index in [1.165, 1.54) is 109 Å². The number of unbranched alkanes of at least 4 members (excludes halogenated alkanes) is 19. The highest BCUT2D eigenvalue weighted by atomic mass is 16.6. The van der Waals surface area contributed by atoms with Crippen molar-refractivity contribution in [2.45, 2.75) is 219 Å². The highest BCUT2D eigenvalue weighted by Crippen LogP contribution is 2.14. The smallest absolute Gasteiger partial charge is 0.306 e. The Bertz CT molecular complexity index is 1260. The summed E-state index contributed by atoms with van der Waals surface area (Å²) in [6.45, 7) is 4.49. The van der Waals surface area contributed by atoms with Crippen LogP contribution in [0, 0.1) is 0 Å². The quantitative estimate of drug-likeness (QED) is 0.0260. The van der Waals surface area contributed by atoms with Crippen LogP contribution in [0.25, 0.3) is 0 Å². The summed E-state index contributed by atoms with van der Waals surface area (Å²) in [6.07, 6.45) is 58.0. The van der Waals surface area contributed by atoms with Gasteiger partial charge in [-0.25, -0.2) is 0 Å². The number of nitrogens with zero attached hydrogens (tertiary/aromatic N) is 1. The average Bonchev–Trinajstić information content (AvgIpc) is 3.24. The number of likely N-dealkylation sites (N-methyl/N-ethyl adjacent to an activating group) is 1. The zero-order valence-corrected chi connectivity index (χ0v) is 41.2. The maximum atomic E-state index is 12.7. The molecule has 0 saturated carbocycles. The summed E-state index contributed by atoms with van der Waals surface area (Å²) >= 11 is 0. The lowest BCUT2D eigenvalue weighted by molar-refractivity contribution is -0.889. The van der Waals surface area contributed by atoms with E-state index in [1.54, 1.807) is 21.1 Å². The van der Waals surface area contributed by atoms with Gasteiger partial charge >= 0.3 is 11.9 Å². The summed E-state index contributed by atoms with van der Waals surface area (Å²) in [7, 11) is 5.39. The van der Waals surface area contributed by atoms with Gasteiger partial charge in [-0.15, -0.1) is 0 Å². The fourth-order valence-corrected chi connectivity index (χ4v) is 7.16. The first kappa shape index (κ1) is 59.8. The third kappa shape index (κ3) is 43.8. The highest BCUT2D eigenvalue weighted by molar-refractivity contribution is 5.70. The van der Waals surface area contributed by atoms with Crippen LogP contribution in [-0.4, -0.2) is 75.5 Å². The molecule has 8 heteroatoms. The molecule has 0 aromatic rings. The van der Waals surface area contributed by atoms with Crippen LogP contribution in [0.2, 0.25) is 0 Å². The largest absolute Gasteiger partial charge is 0.544 e. The topological polar surface area (TPSA) is 102 Å². The second kappa shape index (κ2) is 45.3. The van der Waals surface area contributed by atoms with Crippen molar-refractivity contribution < 1.29 is 38.2 Å². The van der Waals surface area contributed by atoms with Crippen molar-refractivity contribution in [3.8, 4) is 0 Å². The number of rotatable bonds is 45. The Balaban J connectivity index is 4.32. The second-order valence-corrected chi connectivity index (χ2v) is 18.0. The fraction of sp³-hybridized carbons (Fsp3) is 0.727. The summed E-state index contributed by atoms with van der Waals surface area (Å²) in [4.78, 5) is 37.0. The van der Waals surface area contributed by atoms with Crippen LogP contribution in [0.4, 0.5) is 0 Å². The molecule has 2 unspecified atom stereocenters. The number of quaternary nitrogens is 1. The molecule has 2 atom stereocenters. The number of carboxylic acid groups (broad SMARTS) is 1. The van der Waals surface area contributed by atoms with Crippen molar-refractivity contribution in [3.05, 3.63) is 72.9 Å². The van der Waals surface area contributed by atoms with Crippen LogP contribution in [0.15, 0.2) is 72.9 Å². The van der Waals surface area contributed by atoms with E-state index in [9.17, 15) is 19.5 Å². The molecule has 0 radical (unpaired) electrons. The number of hydrogen-bond donors (Lipinski definition) is 0. The summed E-state index contributed by atoms with van der Waals surface area (Å²) in [5.74, 6) is -1.82. The van der Waals surface area contributed by atoms with E-state index in [0.717, 1.165) is 57.8 Å². The van der Waals surface area contributed by atoms with Gasteiger partial charge in [-0.2, -0.15) is 0 Å². The molecule has 0 aliphatic carbocycles. The zero-order chi connectivity index (χ0) is 46.3. The molecule has 0 aliphatic rings. The molecular weight excluding hydrogens is 787 g/mol. The molecule has 0 aromatic carbocycles. The lowest BCUT2D eigenvalue weighted by Gasteiger charge is -2.34. The lowest BCUT2D eigenvalue weighted by atomic mass is 10.0. The number of ether oxygens (including phenoxy) is 3. The van der Waals surface area contributed by atoms with Crippen molar-refractivity contribution in [2.24, 2.45) is 0 Å². The number of carboxylic acids is 1. The van der Waals surface area contributed by atoms with E-state index in [2.05, 4.69) is 86.8 Å². The molecule has 0 amide bonds. The van der Waals surface area contributed by atoms with E-state index < -0.39 is 18.1 Å². The number of carbonyl (C=O) groups is 3. The van der Waals surface area contributed by atoms with E-state index in [1.807, 2.05) is 0 Å². The molecule has 8 nitrogen and oxygen atoms in total. The molecule has 0 spiro atoms. The average molecular weight is 882 g/mol. The SMILES string of the molecule is CC/C=C/C/C=C/C/C=C/C/C=C/C/C=C/CCCC(=O)OC(COCCC(C(=O)[O-])[N+](C)(C)C)COC(=O)CCCCCCCCC/C=C/CCCCCCCCCCCCC. The first-order chi connectivity index (χ1) is 30.6. The molecule has 63 heavy (non-hydrogen) atoms. The van der Waals surface area contributed by atoms with Crippen LogP contribution in [-0.2, 0) is 28.6 Å². The summed E-state index contributed by atoms with van der Waals surface area (Å²) < 4.78 is 17.2. The van der Waals surface area contributed by atoms with Crippen LogP contribution in [0.1, 0.15) is 206 Å². The lowest BCUT2D eigenvalue weighted by Crippen LogP contribution is -2.55. The number of aliphatic carboxylic acids is 1.